The number of alkyl halides is 3. The number of allylic oxidation sites excluding steroid dienone is 1. The van der Waals surface area contributed by atoms with E-state index in [9.17, 15) is 59.1 Å². The highest BCUT2D eigenvalue weighted by Crippen LogP contribution is 2.45. The van der Waals surface area contributed by atoms with Crippen LogP contribution in [-0.4, -0.2) is 246 Å². The molecule has 0 saturated carbocycles. The zero-order valence-corrected chi connectivity index (χ0v) is 69.7. The lowest BCUT2D eigenvalue weighted by Gasteiger charge is -2.44. The number of hydrogen-bond donors (Lipinski definition) is 5. The fourth-order valence-corrected chi connectivity index (χ4v) is 20.4. The molecular weight excluding hydrogens is 1560 g/mol. The number of aryl methyl sites for hydroxylation is 1. The second-order valence-electron chi connectivity index (χ2n) is 32.6. The van der Waals surface area contributed by atoms with E-state index in [4.69, 9.17) is 16.3 Å². The number of aromatic nitrogens is 1. The molecule has 0 spiro atoms. The number of anilines is 2. The number of sulfonamides is 1. The first-order valence-corrected chi connectivity index (χ1v) is 44.6. The number of rotatable bonds is 28. The maximum Gasteiger partial charge on any atom is 0.501 e. The number of sulfone groups is 1. The van der Waals surface area contributed by atoms with Gasteiger partial charge in [-0.15, -0.1) is 23.1 Å². The lowest BCUT2D eigenvalue weighted by molar-refractivity contribution is -0.145. The third-order valence-electron chi connectivity index (χ3n) is 23.0. The van der Waals surface area contributed by atoms with Crippen molar-refractivity contribution in [3.63, 3.8) is 0 Å². The Bertz CT molecular complexity index is 4610. The molecule has 6 aromatic rings. The van der Waals surface area contributed by atoms with Crippen LogP contribution in [-0.2, 0) is 43.8 Å². The van der Waals surface area contributed by atoms with E-state index in [1.807, 2.05) is 112 Å². The fraction of sp³-hybridized carbons (Fsp3) is 0.518. The average molecular weight is 1670 g/mol. The number of morpholine rings is 1. The first-order valence-electron chi connectivity index (χ1n) is 39.4. The molecule has 23 nitrogen and oxygen atoms in total. The van der Waals surface area contributed by atoms with Gasteiger partial charge in [-0.3, -0.25) is 38.7 Å². The van der Waals surface area contributed by atoms with E-state index in [2.05, 4.69) is 64.5 Å². The minimum atomic E-state index is -6.11. The number of nitrogens with one attached hydrogen (secondary N) is 4. The summed E-state index contributed by atoms with van der Waals surface area (Å²) in [5.74, 6) is -2.00. The number of hydrogen-bond acceptors (Lipinski definition) is 20. The van der Waals surface area contributed by atoms with Gasteiger partial charge < -0.3 is 45.4 Å². The zero-order valence-electron chi connectivity index (χ0n) is 65.6. The molecule has 0 radical (unpaired) electrons. The van der Waals surface area contributed by atoms with Crippen molar-refractivity contribution in [1.82, 2.24) is 49.7 Å². The number of aliphatic hydroxyl groups is 1. The molecule has 616 valence electrons. The number of aliphatic hydroxyl groups excluding tert-OH is 1. The van der Waals surface area contributed by atoms with Crippen LogP contribution in [0, 0.1) is 23.7 Å². The van der Waals surface area contributed by atoms with Crippen molar-refractivity contribution in [1.29, 1.82) is 0 Å². The number of nitrogens with zero attached hydrogens (tertiary/aromatic N) is 8. The maximum absolute atomic E-state index is 14.4. The molecule has 6 aliphatic rings. The highest BCUT2D eigenvalue weighted by atomic mass is 35.5. The highest BCUT2D eigenvalue weighted by molar-refractivity contribution is 7.99. The summed E-state index contributed by atoms with van der Waals surface area (Å²) in [6.45, 7) is 24.4. The number of halogens is 4. The largest absolute Gasteiger partial charge is 0.501 e. The van der Waals surface area contributed by atoms with Crippen LogP contribution in [0.3, 0.4) is 0 Å². The van der Waals surface area contributed by atoms with E-state index in [0.29, 0.717) is 101 Å². The predicted octanol–water partition coefficient (Wildman–Crippen LogP) is 10.9. The van der Waals surface area contributed by atoms with Gasteiger partial charge in [0.15, 0.2) is 0 Å². The Hall–Kier alpha value is -7.49. The van der Waals surface area contributed by atoms with Crippen molar-refractivity contribution in [2.45, 2.75) is 143 Å². The summed E-state index contributed by atoms with van der Waals surface area (Å²) in [5, 5.41) is 20.4. The van der Waals surface area contributed by atoms with E-state index in [0.717, 1.165) is 122 Å². The van der Waals surface area contributed by atoms with Gasteiger partial charge in [0.05, 0.1) is 52.0 Å². The van der Waals surface area contributed by atoms with Crippen LogP contribution in [0.25, 0.3) is 16.0 Å². The van der Waals surface area contributed by atoms with Gasteiger partial charge in [-0.2, -0.15) is 13.2 Å². The number of carbonyl (C=O) groups excluding carboxylic acids is 5. The van der Waals surface area contributed by atoms with E-state index in [1.165, 1.54) is 45.5 Å². The van der Waals surface area contributed by atoms with Crippen LogP contribution < -0.4 is 25.6 Å². The molecule has 6 atom stereocenters. The Labute approximate surface area is 681 Å². The van der Waals surface area contributed by atoms with Crippen molar-refractivity contribution < 1.29 is 63.8 Å². The monoisotopic (exact) mass is 1670 g/mol. The first-order chi connectivity index (χ1) is 54.2. The standard InChI is InChI=1S/C83H106ClF3N12O11S4/c1-56(59-12-14-61(15-13-59)76-57(2)88-55-112-76)89-79(104)72-46-67(100)52-99(72)80(105)77(81(3,4)5)91-74(101)48-75(102)98-40-36-94(37-41-98)50-58-27-31-96(32-28-58)54-82(6)30-26-70(60-16-20-64(84)21-17-60)63(49-82)51-95-34-38-97(39-35-95)66-22-18-62(19-23-66)78(103)92-114(108,109)69-24-25-71(73(47-69)113(106,107)83(85,86)87)90-65(29-33-93-42-44-110-45-43-93)53-111-68-10-8-7-9-11-68/h7-25,47,55-56,58,65,67,72,77,90,100H,26-46,48-54H2,1-6H3,(H,89,104)(H,91,101)(H,92,103)/t56-,65+,67+,72-,77+,82?/m0/s1. The first kappa shape index (κ1) is 85.9. The number of piperidine rings is 1. The second kappa shape index (κ2) is 37.4. The van der Waals surface area contributed by atoms with Gasteiger partial charge in [0.2, 0.25) is 23.6 Å². The van der Waals surface area contributed by atoms with Crippen LogP contribution in [0.5, 0.6) is 0 Å². The molecule has 1 unspecified atom stereocenters. The zero-order chi connectivity index (χ0) is 81.3. The highest BCUT2D eigenvalue weighted by Gasteiger charge is 2.49. The Kier molecular flexibility index (Phi) is 28.2. The lowest BCUT2D eigenvalue weighted by atomic mass is 9.71. The van der Waals surface area contributed by atoms with Crippen molar-refractivity contribution in [3.8, 4) is 10.4 Å². The molecule has 6 heterocycles. The Morgan fingerprint density at radius 3 is 2.10 bits per heavy atom. The Morgan fingerprint density at radius 1 is 0.781 bits per heavy atom. The molecule has 1 aromatic heterocycles. The molecule has 5 aromatic carbocycles. The van der Waals surface area contributed by atoms with Gasteiger partial charge in [0.1, 0.15) is 23.4 Å². The molecule has 5 amide bonds. The van der Waals surface area contributed by atoms with Crippen LogP contribution in [0.1, 0.15) is 119 Å². The Morgan fingerprint density at radius 2 is 1.45 bits per heavy atom. The summed E-state index contributed by atoms with van der Waals surface area (Å²) in [6, 6.07) is 31.2. The Balaban J connectivity index is 0.593. The summed E-state index contributed by atoms with van der Waals surface area (Å²) in [6.07, 6.45) is 4.12. The predicted molar refractivity (Wildman–Crippen MR) is 439 cm³/mol. The third-order valence-corrected chi connectivity index (χ3v) is 28.2. The smallest absolute Gasteiger partial charge is 0.391 e. The molecule has 31 heteroatoms. The summed E-state index contributed by atoms with van der Waals surface area (Å²) in [4.78, 5) is 88.7. The number of likely N-dealkylation sites (tertiary alicyclic amines) is 2. The number of benzene rings is 5. The number of ether oxygens (including phenoxy) is 1. The quantitative estimate of drug-likeness (QED) is 0.0226. The molecule has 12 rings (SSSR count). The van der Waals surface area contributed by atoms with Gasteiger partial charge in [-0.05, 0) is 171 Å². The number of thiazole rings is 1. The number of amides is 5. The van der Waals surface area contributed by atoms with Crippen LogP contribution in [0.2, 0.25) is 5.02 Å². The topological polar surface area (TPSA) is 267 Å². The molecular formula is C83H106ClF3N12O11S4. The summed E-state index contributed by atoms with van der Waals surface area (Å²) in [7, 11) is -11.0. The van der Waals surface area contributed by atoms with Crippen molar-refractivity contribution in [2.75, 3.05) is 140 Å². The normalized spacial score (nSPS) is 21.1. The molecule has 1 aliphatic carbocycles. The van der Waals surface area contributed by atoms with Gasteiger partial charge in [-0.25, -0.2) is 26.5 Å². The summed E-state index contributed by atoms with van der Waals surface area (Å²) < 4.78 is 105. The van der Waals surface area contributed by atoms with Crippen molar-refractivity contribution in [3.05, 3.63) is 160 Å². The van der Waals surface area contributed by atoms with Crippen molar-refractivity contribution in [2.24, 2.45) is 16.7 Å². The number of β-amino-alcohol motifs (C(OH)–C–C–N with tert-alkyl or cyclic N) is 1. The van der Waals surface area contributed by atoms with Gasteiger partial charge in [-0.1, -0.05) is 99.5 Å². The second-order valence-corrected chi connectivity index (χ2v) is 38.6. The molecule has 0 bridgehead atoms. The van der Waals surface area contributed by atoms with Gasteiger partial charge >= 0.3 is 5.51 Å². The van der Waals surface area contributed by atoms with E-state index < -0.39 is 107 Å². The lowest BCUT2D eigenvalue weighted by Crippen LogP contribution is -2.58. The number of carbonyl (C=O) groups is 5. The third kappa shape index (κ3) is 22.0. The molecule has 114 heavy (non-hydrogen) atoms. The number of thioether (sulfide) groups is 1. The average Bonchev–Trinajstić information content (AvgIpc) is 0.938. The van der Waals surface area contributed by atoms with Crippen LogP contribution >= 0.6 is 34.7 Å². The summed E-state index contributed by atoms with van der Waals surface area (Å²) in [5.41, 5.74) is 2.40. The maximum atomic E-state index is 14.4. The molecule has 5 saturated heterocycles. The van der Waals surface area contributed by atoms with Crippen LogP contribution in [0.4, 0.5) is 24.5 Å². The van der Waals surface area contributed by atoms with E-state index >= 15 is 0 Å². The van der Waals surface area contributed by atoms with Crippen molar-refractivity contribution >= 4 is 101 Å². The minimum Gasteiger partial charge on any atom is -0.391 e. The number of piperazine rings is 2. The van der Waals surface area contributed by atoms with Crippen LogP contribution in [0.15, 0.2) is 147 Å². The van der Waals surface area contributed by atoms with Gasteiger partial charge in [0.25, 0.3) is 25.8 Å². The van der Waals surface area contributed by atoms with E-state index in [1.54, 1.807) is 28.4 Å². The molecule has 5 aliphatic heterocycles. The molecule has 5 N–H and O–H groups in total. The van der Waals surface area contributed by atoms with E-state index in [-0.39, 0.29) is 29.9 Å². The molecule has 5 fully saturated rings. The fourth-order valence-electron chi connectivity index (χ4n) is 16.4. The minimum absolute atomic E-state index is 0.0274. The van der Waals surface area contributed by atoms with Gasteiger partial charge in [0, 0.05) is 138 Å². The summed E-state index contributed by atoms with van der Waals surface area (Å²) >= 11 is 9.42. The SMILES string of the molecule is Cc1ncsc1-c1ccc([C@H](C)NC(=O)[C@@H]2C[C@@H](O)CN2C(=O)[C@@H](NC(=O)CC(=O)N2CCN(CC3CCN(CC4(C)CCC(c5ccc(Cl)cc5)=C(CN5CCN(c6ccc(C(=O)NS(=O)(=O)c7ccc(N[C@H](CCN8CCOCC8)CSc8ccccc8)c(S(=O)(=O)C(F)(F)F)c7)cc6)CC5)C4)CC3)CC2)C(C)(C)C)cc1.